The molecule has 1 aliphatic carbocycles. The number of ether oxygens (including phenoxy) is 1. The first kappa shape index (κ1) is 16.9. The normalized spacial score (nSPS) is 15.1. The van der Waals surface area contributed by atoms with Crippen molar-refractivity contribution in [2.75, 3.05) is 7.11 Å². The van der Waals surface area contributed by atoms with Crippen molar-refractivity contribution >= 4 is 21.6 Å². The Morgan fingerprint density at radius 3 is 2.58 bits per heavy atom. The maximum Gasteiger partial charge on any atom is 0.283 e. The molecular weight excluding hydrogens is 372 g/mol. The van der Waals surface area contributed by atoms with E-state index in [-0.39, 0.29) is 16.7 Å². The van der Waals surface area contributed by atoms with E-state index in [1.807, 2.05) is 18.2 Å². The molecular formula is C18H19BrN2O3. The summed E-state index contributed by atoms with van der Waals surface area (Å²) in [6.45, 7) is 0.599. The van der Waals surface area contributed by atoms with Crippen molar-refractivity contribution in [3.63, 3.8) is 0 Å². The Labute approximate surface area is 149 Å². The van der Waals surface area contributed by atoms with Crippen LogP contribution in [-0.2, 0) is 6.54 Å². The summed E-state index contributed by atoms with van der Waals surface area (Å²) in [4.78, 5) is 10.7. The monoisotopic (exact) mass is 390 g/mol. The number of nitro groups is 1. The van der Waals surface area contributed by atoms with E-state index < -0.39 is 0 Å². The van der Waals surface area contributed by atoms with Crippen LogP contribution in [0.2, 0.25) is 0 Å². The van der Waals surface area contributed by atoms with Crippen LogP contribution >= 0.6 is 15.9 Å². The van der Waals surface area contributed by atoms with E-state index in [4.69, 9.17) is 4.74 Å². The summed E-state index contributed by atoms with van der Waals surface area (Å²) in [6, 6.07) is 13.6. The van der Waals surface area contributed by atoms with Crippen LogP contribution in [0.4, 0.5) is 5.69 Å². The third-order valence-electron chi connectivity index (χ3n) is 4.30. The third-order valence-corrected chi connectivity index (χ3v) is 4.97. The summed E-state index contributed by atoms with van der Waals surface area (Å²) in [5.41, 5.74) is 2.23. The van der Waals surface area contributed by atoms with Gasteiger partial charge < -0.3 is 10.1 Å². The fraction of sp³-hybridized carbons (Fsp3) is 0.333. The Kier molecular flexibility index (Phi) is 5.16. The molecule has 1 fully saturated rings. The first-order chi connectivity index (χ1) is 11.6. The highest BCUT2D eigenvalue weighted by atomic mass is 79.9. The average Bonchev–Trinajstić information content (AvgIpc) is 3.42. The Hall–Kier alpha value is -1.92. The maximum atomic E-state index is 11.1. The molecule has 0 aromatic heterocycles. The SMILES string of the molecule is COc1ccc(C(NCc2ccc(Br)c([N+](=O)[O-])c2)C2CC2)cc1. The summed E-state index contributed by atoms with van der Waals surface area (Å²) in [5, 5.41) is 14.6. The highest BCUT2D eigenvalue weighted by Gasteiger charge is 2.32. The fourth-order valence-corrected chi connectivity index (χ4v) is 3.22. The fourth-order valence-electron chi connectivity index (χ4n) is 2.83. The number of hydrogen-bond acceptors (Lipinski definition) is 4. The molecule has 0 saturated heterocycles. The van der Waals surface area contributed by atoms with Crippen molar-refractivity contribution in [3.8, 4) is 5.75 Å². The number of benzene rings is 2. The van der Waals surface area contributed by atoms with Crippen LogP contribution in [0.25, 0.3) is 0 Å². The Balaban J connectivity index is 1.72. The van der Waals surface area contributed by atoms with Crippen molar-refractivity contribution in [1.29, 1.82) is 0 Å². The molecule has 24 heavy (non-hydrogen) atoms. The van der Waals surface area contributed by atoms with Gasteiger partial charge in [-0.1, -0.05) is 18.2 Å². The van der Waals surface area contributed by atoms with Crippen LogP contribution in [0.5, 0.6) is 5.75 Å². The number of rotatable bonds is 7. The summed E-state index contributed by atoms with van der Waals surface area (Å²) in [7, 11) is 1.66. The number of nitrogens with zero attached hydrogens (tertiary/aromatic N) is 1. The smallest absolute Gasteiger partial charge is 0.283 e. The van der Waals surface area contributed by atoms with Crippen molar-refractivity contribution in [3.05, 3.63) is 68.2 Å². The lowest BCUT2D eigenvalue weighted by atomic mass is 10.0. The average molecular weight is 391 g/mol. The Morgan fingerprint density at radius 1 is 1.29 bits per heavy atom. The molecule has 0 radical (unpaired) electrons. The van der Waals surface area contributed by atoms with Crippen LogP contribution in [0, 0.1) is 16.0 Å². The van der Waals surface area contributed by atoms with Crippen molar-refractivity contribution in [2.45, 2.75) is 25.4 Å². The second-order valence-corrected chi connectivity index (χ2v) is 6.87. The highest BCUT2D eigenvalue weighted by Crippen LogP contribution is 2.41. The van der Waals surface area contributed by atoms with E-state index in [1.54, 1.807) is 19.2 Å². The van der Waals surface area contributed by atoms with Gasteiger partial charge in [0.15, 0.2) is 0 Å². The molecule has 1 unspecified atom stereocenters. The van der Waals surface area contributed by atoms with Gasteiger partial charge >= 0.3 is 0 Å². The van der Waals surface area contributed by atoms with Crippen molar-refractivity contribution in [1.82, 2.24) is 5.32 Å². The molecule has 0 heterocycles. The largest absolute Gasteiger partial charge is 0.497 e. The summed E-state index contributed by atoms with van der Waals surface area (Å²) in [5.74, 6) is 1.47. The number of nitro benzene ring substituents is 1. The topological polar surface area (TPSA) is 64.4 Å². The molecule has 1 atom stereocenters. The van der Waals surface area contributed by atoms with Gasteiger partial charge in [0.25, 0.3) is 5.69 Å². The summed E-state index contributed by atoms with van der Waals surface area (Å²) in [6.07, 6.45) is 2.42. The zero-order valence-corrected chi connectivity index (χ0v) is 15.0. The second-order valence-electron chi connectivity index (χ2n) is 6.01. The van der Waals surface area contributed by atoms with E-state index >= 15 is 0 Å². The minimum atomic E-state index is -0.366. The minimum absolute atomic E-state index is 0.0988. The lowest BCUT2D eigenvalue weighted by molar-refractivity contribution is -0.385. The number of methoxy groups -OCH3 is 1. The molecule has 1 N–H and O–H groups in total. The van der Waals surface area contributed by atoms with Gasteiger partial charge in [0.05, 0.1) is 16.5 Å². The molecule has 0 aliphatic heterocycles. The van der Waals surface area contributed by atoms with Gasteiger partial charge in [0.1, 0.15) is 5.75 Å². The van der Waals surface area contributed by atoms with Gasteiger partial charge in [-0.25, -0.2) is 0 Å². The van der Waals surface area contributed by atoms with Gasteiger partial charge in [-0.2, -0.15) is 0 Å². The molecule has 6 heteroatoms. The Bertz CT molecular complexity index is 730. The third kappa shape index (κ3) is 3.94. The predicted molar refractivity (Wildman–Crippen MR) is 96.1 cm³/mol. The summed E-state index contributed by atoms with van der Waals surface area (Å²) < 4.78 is 5.72. The Morgan fingerprint density at radius 2 is 2.00 bits per heavy atom. The van der Waals surface area contributed by atoms with Crippen molar-refractivity contribution < 1.29 is 9.66 Å². The molecule has 1 aliphatic rings. The van der Waals surface area contributed by atoms with Gasteiger partial charge in [0, 0.05) is 18.7 Å². The lowest BCUT2D eigenvalue weighted by Gasteiger charge is -2.19. The molecule has 5 nitrogen and oxygen atoms in total. The van der Waals surface area contributed by atoms with E-state index in [0.717, 1.165) is 11.3 Å². The molecule has 126 valence electrons. The van der Waals surface area contributed by atoms with Gasteiger partial charge in [-0.05, 0) is 64.0 Å². The van der Waals surface area contributed by atoms with Crippen LogP contribution in [-0.4, -0.2) is 12.0 Å². The van der Waals surface area contributed by atoms with E-state index in [0.29, 0.717) is 16.9 Å². The predicted octanol–water partition coefficient (Wildman–Crippen LogP) is 4.61. The first-order valence-corrected chi connectivity index (χ1v) is 8.68. The van der Waals surface area contributed by atoms with E-state index in [2.05, 4.69) is 33.4 Å². The quantitative estimate of drug-likeness (QED) is 0.553. The molecule has 2 aromatic rings. The van der Waals surface area contributed by atoms with Gasteiger partial charge in [-0.3, -0.25) is 10.1 Å². The molecule has 0 bridgehead atoms. The van der Waals surface area contributed by atoms with E-state index in [1.165, 1.54) is 18.4 Å². The van der Waals surface area contributed by atoms with E-state index in [9.17, 15) is 10.1 Å². The zero-order valence-electron chi connectivity index (χ0n) is 13.4. The number of halogens is 1. The maximum absolute atomic E-state index is 11.1. The van der Waals surface area contributed by atoms with Crippen LogP contribution < -0.4 is 10.1 Å². The molecule has 1 saturated carbocycles. The number of hydrogen-bond donors (Lipinski definition) is 1. The molecule has 0 spiro atoms. The lowest BCUT2D eigenvalue weighted by Crippen LogP contribution is -2.22. The second kappa shape index (κ2) is 7.32. The van der Waals surface area contributed by atoms with Crippen LogP contribution in [0.3, 0.4) is 0 Å². The zero-order chi connectivity index (χ0) is 17.1. The molecule has 2 aromatic carbocycles. The van der Waals surface area contributed by atoms with Crippen LogP contribution in [0.15, 0.2) is 46.9 Å². The number of nitrogens with one attached hydrogen (secondary N) is 1. The highest BCUT2D eigenvalue weighted by molar-refractivity contribution is 9.10. The first-order valence-electron chi connectivity index (χ1n) is 7.88. The standard InChI is InChI=1S/C18H19BrN2O3/c1-24-15-7-5-14(6-8-15)18(13-3-4-13)20-11-12-2-9-16(19)17(10-12)21(22)23/h2,5-10,13,18,20H,3-4,11H2,1H3. The van der Waals surface area contributed by atoms with Gasteiger partial charge in [-0.15, -0.1) is 0 Å². The molecule has 0 amide bonds. The van der Waals surface area contributed by atoms with Crippen LogP contribution in [0.1, 0.15) is 30.0 Å². The summed E-state index contributed by atoms with van der Waals surface area (Å²) >= 11 is 3.22. The van der Waals surface area contributed by atoms with Gasteiger partial charge in [0.2, 0.25) is 0 Å². The minimum Gasteiger partial charge on any atom is -0.497 e. The van der Waals surface area contributed by atoms with Crippen molar-refractivity contribution in [2.24, 2.45) is 5.92 Å². The molecule has 3 rings (SSSR count).